The first-order valence-electron chi connectivity index (χ1n) is 6.99. The molecule has 0 bridgehead atoms. The first-order valence-corrected chi connectivity index (χ1v) is 9.37. The van der Waals surface area contributed by atoms with E-state index in [1.807, 2.05) is 0 Å². The number of nitrogen functional groups attached to an aromatic ring is 1. The van der Waals surface area contributed by atoms with Crippen molar-refractivity contribution in [2.75, 3.05) is 12.3 Å². The van der Waals surface area contributed by atoms with Crippen LogP contribution in [0.4, 0.5) is 5.95 Å². The molecule has 130 valence electrons. The number of nitrogens with one attached hydrogen (secondary N) is 1. The molecule has 4 heterocycles. The Bertz CT molecular complexity index is 925. The van der Waals surface area contributed by atoms with Gasteiger partial charge in [0, 0.05) is 5.38 Å². The minimum Gasteiger partial charge on any atom is -0.384 e. The van der Waals surface area contributed by atoms with Gasteiger partial charge < -0.3 is 20.5 Å². The Hall–Kier alpha value is -1.33. The molecule has 24 heavy (non-hydrogen) atoms. The smallest absolute Gasteiger partial charge is 0.384 e. The number of aliphatic hydroxyl groups is 1. The molecule has 0 aliphatic carbocycles. The number of phosphoric ester groups is 1. The number of H-pyrrole nitrogens is 1. The molecule has 0 amide bonds. The van der Waals surface area contributed by atoms with Gasteiger partial charge in [0.2, 0.25) is 5.95 Å². The zero-order chi connectivity index (χ0) is 17.3. The average molecular weight is 375 g/mol. The largest absolute Gasteiger partial charge is 0.472 e. The summed E-state index contributed by atoms with van der Waals surface area (Å²) in [6, 6.07) is 0. The molecular formula is C12H14N3O7PS. The number of phosphoric acid groups is 1. The van der Waals surface area contributed by atoms with Gasteiger partial charge in [-0.25, -0.2) is 9.55 Å². The zero-order valence-electron chi connectivity index (χ0n) is 12.3. The highest BCUT2D eigenvalue weighted by atomic mass is 32.1. The first kappa shape index (κ1) is 16.2. The number of nitrogens with zero attached hydrogens (tertiary/aromatic N) is 1. The monoisotopic (exact) mass is 375 g/mol. The maximum Gasteiger partial charge on any atom is 0.472 e. The summed E-state index contributed by atoms with van der Waals surface area (Å²) in [7, 11) is -4.23. The molecular weight excluding hydrogens is 361 g/mol. The number of hydrogen-bond acceptors (Lipinski definition) is 9. The van der Waals surface area contributed by atoms with Gasteiger partial charge in [-0.3, -0.25) is 18.8 Å². The number of thiophene rings is 1. The van der Waals surface area contributed by atoms with Crippen molar-refractivity contribution in [1.29, 1.82) is 0 Å². The van der Waals surface area contributed by atoms with Crippen LogP contribution in [-0.4, -0.2) is 44.4 Å². The topological polar surface area (TPSA) is 157 Å². The van der Waals surface area contributed by atoms with Gasteiger partial charge in [0.15, 0.2) is 0 Å². The number of aromatic amines is 1. The normalized spacial score (nSPS) is 39.2. The summed E-state index contributed by atoms with van der Waals surface area (Å²) in [6.07, 6.45) is -2.69. The van der Waals surface area contributed by atoms with Gasteiger partial charge in [-0.2, -0.15) is 0 Å². The fourth-order valence-corrected chi connectivity index (χ4v) is 5.22. The highest BCUT2D eigenvalue weighted by molar-refractivity contribution is 7.47. The Morgan fingerprint density at radius 1 is 1.58 bits per heavy atom. The molecule has 0 aromatic carbocycles. The third kappa shape index (κ3) is 2.32. The summed E-state index contributed by atoms with van der Waals surface area (Å²) in [5.74, 6) is -0.0540. The quantitative estimate of drug-likeness (QED) is 0.514. The van der Waals surface area contributed by atoms with Crippen molar-refractivity contribution in [3.05, 3.63) is 20.6 Å². The molecule has 2 aromatic rings. The van der Waals surface area contributed by atoms with Crippen LogP contribution in [0.1, 0.15) is 17.9 Å². The van der Waals surface area contributed by atoms with Gasteiger partial charge in [-0.1, -0.05) is 0 Å². The van der Waals surface area contributed by atoms with E-state index in [1.54, 1.807) is 5.38 Å². The van der Waals surface area contributed by atoms with E-state index < -0.39 is 37.3 Å². The van der Waals surface area contributed by atoms with E-state index in [2.05, 4.69) is 9.97 Å². The molecule has 0 saturated carbocycles. The molecule has 0 radical (unpaired) electrons. The molecule has 5 atom stereocenters. The summed E-state index contributed by atoms with van der Waals surface area (Å²) < 4.78 is 27.2. The van der Waals surface area contributed by atoms with Crippen LogP contribution in [0, 0.1) is 0 Å². The SMILES string of the molecule is CC1(O)C(c2scc3c(=O)[nH]c(N)nc23)OC2COP(=O)(O)OC21. The van der Waals surface area contributed by atoms with Crippen LogP contribution in [-0.2, 0) is 18.3 Å². The Labute approximate surface area is 138 Å². The second-order valence-electron chi connectivity index (χ2n) is 5.88. The summed E-state index contributed by atoms with van der Waals surface area (Å²) in [5, 5.41) is 12.8. The third-order valence-electron chi connectivity index (χ3n) is 4.15. The molecule has 10 nitrogen and oxygen atoms in total. The molecule has 0 spiro atoms. The zero-order valence-corrected chi connectivity index (χ0v) is 14.0. The second-order valence-corrected chi connectivity index (χ2v) is 8.20. The van der Waals surface area contributed by atoms with Crippen LogP contribution in [0.15, 0.2) is 10.2 Å². The van der Waals surface area contributed by atoms with Crippen LogP contribution in [0.5, 0.6) is 0 Å². The Balaban J connectivity index is 1.81. The van der Waals surface area contributed by atoms with E-state index in [-0.39, 0.29) is 12.6 Å². The number of anilines is 1. The lowest BCUT2D eigenvalue weighted by molar-refractivity contribution is -0.0734. The van der Waals surface area contributed by atoms with Crippen molar-refractivity contribution in [3.63, 3.8) is 0 Å². The number of fused-ring (bicyclic) bond motifs is 2. The lowest BCUT2D eigenvalue weighted by Gasteiger charge is -2.33. The van der Waals surface area contributed by atoms with Crippen molar-refractivity contribution in [2.45, 2.75) is 30.8 Å². The van der Waals surface area contributed by atoms with Gasteiger partial charge in [-0.05, 0) is 6.92 Å². The number of aromatic nitrogens is 2. The molecule has 4 rings (SSSR count). The number of hydrogen-bond donors (Lipinski definition) is 4. The lowest BCUT2D eigenvalue weighted by Crippen LogP contribution is -2.46. The van der Waals surface area contributed by atoms with Crippen molar-refractivity contribution in [2.24, 2.45) is 0 Å². The number of ether oxygens (including phenoxy) is 1. The van der Waals surface area contributed by atoms with Crippen molar-refractivity contribution in [1.82, 2.24) is 9.97 Å². The van der Waals surface area contributed by atoms with Crippen molar-refractivity contribution in [3.8, 4) is 0 Å². The van der Waals surface area contributed by atoms with Crippen LogP contribution in [0.2, 0.25) is 0 Å². The lowest BCUT2D eigenvalue weighted by atomic mass is 9.92. The Kier molecular flexibility index (Phi) is 3.42. The molecule has 5 unspecified atom stereocenters. The number of nitrogens with two attached hydrogens (primary N) is 1. The van der Waals surface area contributed by atoms with Gasteiger partial charge >= 0.3 is 7.82 Å². The molecule has 2 fully saturated rings. The maximum atomic E-state index is 11.9. The highest BCUT2D eigenvalue weighted by Gasteiger charge is 2.59. The standard InChI is InChI=1S/C12H14N3O7PS/c1-12(17)8-5(2-20-23(18,19)22-8)21-9(12)7-6-4(3-24-7)10(16)15-11(13)14-6/h3,5,8-9,17H,2H2,1H3,(H,18,19)(H3,13,14,15,16). The van der Waals surface area contributed by atoms with Crippen LogP contribution in [0.25, 0.3) is 10.9 Å². The minimum atomic E-state index is -4.23. The fourth-order valence-electron chi connectivity index (χ4n) is 3.04. The highest BCUT2D eigenvalue weighted by Crippen LogP contribution is 2.56. The van der Waals surface area contributed by atoms with Gasteiger partial charge in [-0.15, -0.1) is 11.3 Å². The van der Waals surface area contributed by atoms with Crippen molar-refractivity contribution >= 4 is 36.0 Å². The molecule has 5 N–H and O–H groups in total. The maximum absolute atomic E-state index is 11.9. The van der Waals surface area contributed by atoms with E-state index in [4.69, 9.17) is 19.5 Å². The summed E-state index contributed by atoms with van der Waals surface area (Å²) >= 11 is 1.18. The van der Waals surface area contributed by atoms with E-state index in [9.17, 15) is 19.4 Å². The van der Waals surface area contributed by atoms with E-state index in [1.165, 1.54) is 18.3 Å². The second kappa shape index (κ2) is 5.09. The van der Waals surface area contributed by atoms with Gasteiger partial charge in [0.05, 0.1) is 22.4 Å². The Morgan fingerprint density at radius 2 is 2.33 bits per heavy atom. The average Bonchev–Trinajstić information content (AvgIpc) is 2.98. The van der Waals surface area contributed by atoms with E-state index in [0.29, 0.717) is 15.8 Å². The van der Waals surface area contributed by atoms with Crippen LogP contribution < -0.4 is 11.3 Å². The van der Waals surface area contributed by atoms with E-state index in [0.717, 1.165) is 0 Å². The summed E-state index contributed by atoms with van der Waals surface area (Å²) in [4.78, 5) is 28.4. The molecule has 2 aromatic heterocycles. The Morgan fingerprint density at radius 3 is 3.08 bits per heavy atom. The third-order valence-corrected chi connectivity index (χ3v) is 6.14. The molecule has 2 aliphatic heterocycles. The summed E-state index contributed by atoms with van der Waals surface area (Å²) in [6.45, 7) is 1.25. The van der Waals surface area contributed by atoms with Crippen LogP contribution in [0.3, 0.4) is 0 Å². The molecule has 12 heteroatoms. The first-order chi connectivity index (χ1) is 11.2. The van der Waals surface area contributed by atoms with Gasteiger partial charge in [0.25, 0.3) is 5.56 Å². The summed E-state index contributed by atoms with van der Waals surface area (Å²) in [5.41, 5.74) is 3.89. The van der Waals surface area contributed by atoms with Gasteiger partial charge in [0.1, 0.15) is 23.9 Å². The molecule has 2 saturated heterocycles. The van der Waals surface area contributed by atoms with E-state index >= 15 is 0 Å². The van der Waals surface area contributed by atoms with Crippen molar-refractivity contribution < 1.29 is 28.3 Å². The fraction of sp³-hybridized carbons (Fsp3) is 0.500. The van der Waals surface area contributed by atoms with Crippen LogP contribution >= 0.6 is 19.2 Å². The predicted molar refractivity (Wildman–Crippen MR) is 83.5 cm³/mol. The molecule has 2 aliphatic rings. The predicted octanol–water partition coefficient (Wildman–Crippen LogP) is 0.273. The number of rotatable bonds is 1. The minimum absolute atomic E-state index is 0.0540.